The molecule has 0 saturated heterocycles. The molecule has 0 bridgehead atoms. The van der Waals surface area contributed by atoms with Crippen molar-refractivity contribution in [1.82, 2.24) is 0 Å². The summed E-state index contributed by atoms with van der Waals surface area (Å²) in [6.07, 6.45) is 5.09. The Kier molecular flexibility index (Phi) is 2.39. The first-order chi connectivity index (χ1) is 6.34. The average Bonchev–Trinajstić information content (AvgIpc) is 2.57. The molecular weight excluding hydrogens is 164 g/mol. The lowest BCUT2D eigenvalue weighted by molar-refractivity contribution is 0.208. The summed E-state index contributed by atoms with van der Waals surface area (Å²) in [5, 5.41) is 11.0. The minimum atomic E-state index is 0.0236. The van der Waals surface area contributed by atoms with Crippen molar-refractivity contribution < 1.29 is 9.84 Å². The Bertz CT molecular complexity index is 277. The van der Waals surface area contributed by atoms with Gasteiger partial charge in [-0.15, -0.1) is 0 Å². The highest BCUT2D eigenvalue weighted by atomic mass is 16.5. The molecular formula is C11H13O2. The van der Waals surface area contributed by atoms with Gasteiger partial charge in [0.25, 0.3) is 0 Å². The Labute approximate surface area is 78.2 Å². The minimum absolute atomic E-state index is 0.0236. The number of ether oxygens (including phenoxy) is 1. The molecule has 0 spiro atoms. The van der Waals surface area contributed by atoms with E-state index in [-0.39, 0.29) is 5.75 Å². The van der Waals surface area contributed by atoms with Gasteiger partial charge in [-0.2, -0.15) is 0 Å². The van der Waals surface area contributed by atoms with Gasteiger partial charge in [-0.3, -0.25) is 5.11 Å². The van der Waals surface area contributed by atoms with Gasteiger partial charge in [-0.1, -0.05) is 6.07 Å². The van der Waals surface area contributed by atoms with Crippen LogP contribution in [0.4, 0.5) is 0 Å². The zero-order valence-electron chi connectivity index (χ0n) is 7.53. The van der Waals surface area contributed by atoms with E-state index in [2.05, 4.69) is 0 Å². The van der Waals surface area contributed by atoms with E-state index in [1.807, 2.05) is 6.07 Å². The maximum absolute atomic E-state index is 11.0. The SMILES string of the molecule is [O]c1cccc(OC2CCCC2)c1. The van der Waals surface area contributed by atoms with Crippen molar-refractivity contribution in [2.24, 2.45) is 0 Å². The number of hydrogen-bond acceptors (Lipinski definition) is 1. The van der Waals surface area contributed by atoms with Crippen LogP contribution in [-0.4, -0.2) is 6.10 Å². The van der Waals surface area contributed by atoms with Crippen LogP contribution >= 0.6 is 0 Å². The van der Waals surface area contributed by atoms with E-state index in [0.29, 0.717) is 6.10 Å². The molecule has 1 saturated carbocycles. The Balaban J connectivity index is 2.00. The molecule has 1 aromatic carbocycles. The maximum atomic E-state index is 11.0. The van der Waals surface area contributed by atoms with Crippen molar-refractivity contribution >= 4 is 0 Å². The third kappa shape index (κ3) is 2.14. The molecule has 0 aromatic heterocycles. The van der Waals surface area contributed by atoms with Crippen LogP contribution in [0.5, 0.6) is 11.5 Å². The zero-order chi connectivity index (χ0) is 9.10. The second-order valence-electron chi connectivity index (χ2n) is 3.50. The highest BCUT2D eigenvalue weighted by molar-refractivity contribution is 5.31. The summed E-state index contributed by atoms with van der Waals surface area (Å²) in [5.41, 5.74) is 0. The number of benzene rings is 1. The largest absolute Gasteiger partial charge is 0.490 e. The third-order valence-corrected chi connectivity index (χ3v) is 2.41. The molecule has 0 unspecified atom stereocenters. The molecule has 1 radical (unpaired) electrons. The molecule has 1 aliphatic carbocycles. The standard InChI is InChI=1S/C11H13O2/c12-9-4-3-7-11(8-9)13-10-5-1-2-6-10/h3-4,7-8,10H,1-2,5-6H2. The lowest BCUT2D eigenvalue weighted by Crippen LogP contribution is -2.10. The van der Waals surface area contributed by atoms with Gasteiger partial charge in [0.2, 0.25) is 0 Å². The molecule has 1 fully saturated rings. The van der Waals surface area contributed by atoms with Gasteiger partial charge < -0.3 is 4.74 Å². The van der Waals surface area contributed by atoms with Crippen LogP contribution in [0.1, 0.15) is 25.7 Å². The van der Waals surface area contributed by atoms with E-state index in [4.69, 9.17) is 4.74 Å². The lowest BCUT2D eigenvalue weighted by Gasteiger charge is -2.12. The quantitative estimate of drug-likeness (QED) is 0.682. The van der Waals surface area contributed by atoms with Crippen LogP contribution in [0, 0.1) is 0 Å². The fraction of sp³-hybridized carbons (Fsp3) is 0.455. The van der Waals surface area contributed by atoms with Crippen LogP contribution in [-0.2, 0) is 5.11 Å². The molecule has 0 N–H and O–H groups in total. The molecule has 1 aromatic rings. The van der Waals surface area contributed by atoms with Crippen LogP contribution < -0.4 is 4.74 Å². The first-order valence-electron chi connectivity index (χ1n) is 4.78. The summed E-state index contributed by atoms with van der Waals surface area (Å²) in [6.45, 7) is 0. The van der Waals surface area contributed by atoms with Gasteiger partial charge in [0, 0.05) is 6.07 Å². The van der Waals surface area contributed by atoms with E-state index >= 15 is 0 Å². The predicted molar refractivity (Wildman–Crippen MR) is 49.5 cm³/mol. The van der Waals surface area contributed by atoms with Crippen molar-refractivity contribution in [3.63, 3.8) is 0 Å². The third-order valence-electron chi connectivity index (χ3n) is 2.41. The van der Waals surface area contributed by atoms with Crippen molar-refractivity contribution in [3.8, 4) is 11.5 Å². The minimum Gasteiger partial charge on any atom is -0.490 e. The Morgan fingerprint density at radius 3 is 2.69 bits per heavy atom. The molecule has 0 aliphatic heterocycles. The number of rotatable bonds is 2. The van der Waals surface area contributed by atoms with Crippen LogP contribution in [0.25, 0.3) is 0 Å². The Morgan fingerprint density at radius 2 is 2.00 bits per heavy atom. The fourth-order valence-electron chi connectivity index (χ4n) is 1.75. The van der Waals surface area contributed by atoms with E-state index in [9.17, 15) is 5.11 Å². The fourth-order valence-corrected chi connectivity index (χ4v) is 1.75. The zero-order valence-corrected chi connectivity index (χ0v) is 7.53. The van der Waals surface area contributed by atoms with Crippen LogP contribution in [0.15, 0.2) is 24.3 Å². The van der Waals surface area contributed by atoms with Crippen molar-refractivity contribution in [1.29, 1.82) is 0 Å². The van der Waals surface area contributed by atoms with Gasteiger partial charge in [0.05, 0.1) is 6.10 Å². The lowest BCUT2D eigenvalue weighted by atomic mass is 10.3. The molecule has 1 aliphatic rings. The summed E-state index contributed by atoms with van der Waals surface area (Å²) in [5.74, 6) is 0.745. The Morgan fingerprint density at radius 1 is 1.23 bits per heavy atom. The van der Waals surface area contributed by atoms with Crippen molar-refractivity contribution in [2.75, 3.05) is 0 Å². The van der Waals surface area contributed by atoms with Crippen molar-refractivity contribution in [3.05, 3.63) is 24.3 Å². The first kappa shape index (κ1) is 8.42. The summed E-state index contributed by atoms with van der Waals surface area (Å²) in [7, 11) is 0. The molecule has 2 nitrogen and oxygen atoms in total. The summed E-state index contributed by atoms with van der Waals surface area (Å²) in [6, 6.07) is 6.69. The normalized spacial score (nSPS) is 17.5. The topological polar surface area (TPSA) is 29.1 Å². The molecule has 13 heavy (non-hydrogen) atoms. The second-order valence-corrected chi connectivity index (χ2v) is 3.50. The number of hydrogen-bond donors (Lipinski definition) is 0. The average molecular weight is 177 g/mol. The van der Waals surface area contributed by atoms with E-state index in [0.717, 1.165) is 18.6 Å². The van der Waals surface area contributed by atoms with Crippen LogP contribution in [0.3, 0.4) is 0 Å². The van der Waals surface area contributed by atoms with E-state index < -0.39 is 0 Å². The molecule has 69 valence electrons. The molecule has 0 heterocycles. The molecule has 2 heteroatoms. The summed E-state index contributed by atoms with van der Waals surface area (Å²) < 4.78 is 5.66. The van der Waals surface area contributed by atoms with Gasteiger partial charge >= 0.3 is 0 Å². The predicted octanol–water partition coefficient (Wildman–Crippen LogP) is 3.15. The summed E-state index contributed by atoms with van der Waals surface area (Å²) in [4.78, 5) is 0. The highest BCUT2D eigenvalue weighted by Crippen LogP contribution is 2.25. The van der Waals surface area contributed by atoms with E-state index in [1.165, 1.54) is 12.8 Å². The van der Waals surface area contributed by atoms with Crippen molar-refractivity contribution in [2.45, 2.75) is 31.8 Å². The highest BCUT2D eigenvalue weighted by Gasteiger charge is 2.16. The maximum Gasteiger partial charge on any atom is 0.182 e. The van der Waals surface area contributed by atoms with Gasteiger partial charge in [0.1, 0.15) is 5.75 Å². The van der Waals surface area contributed by atoms with Gasteiger partial charge in [-0.25, -0.2) is 0 Å². The summed E-state index contributed by atoms with van der Waals surface area (Å²) >= 11 is 0. The first-order valence-corrected chi connectivity index (χ1v) is 4.78. The second kappa shape index (κ2) is 3.69. The monoisotopic (exact) mass is 177 g/mol. The molecule has 2 rings (SSSR count). The van der Waals surface area contributed by atoms with Crippen LogP contribution in [0.2, 0.25) is 0 Å². The smallest absolute Gasteiger partial charge is 0.182 e. The van der Waals surface area contributed by atoms with Gasteiger partial charge in [-0.05, 0) is 37.8 Å². The molecule has 0 atom stereocenters. The molecule has 0 amide bonds. The van der Waals surface area contributed by atoms with Gasteiger partial charge in [0.15, 0.2) is 5.75 Å². The van der Waals surface area contributed by atoms with E-state index in [1.54, 1.807) is 18.2 Å². The Hall–Kier alpha value is -1.18.